The molecule has 0 aromatic rings. The summed E-state index contributed by atoms with van der Waals surface area (Å²) in [4.78, 5) is 21.7. The zero-order valence-corrected chi connectivity index (χ0v) is 11.4. The average Bonchev–Trinajstić information content (AvgIpc) is 2.24. The van der Waals surface area contributed by atoms with E-state index in [-0.39, 0.29) is 0 Å². The molecule has 0 radical (unpaired) electrons. The highest BCUT2D eigenvalue weighted by Crippen LogP contribution is 2.27. The second-order valence-electron chi connectivity index (χ2n) is 4.16. The predicted octanol–water partition coefficient (Wildman–Crippen LogP) is 1.31. The van der Waals surface area contributed by atoms with Crippen LogP contribution in [0.15, 0.2) is 12.2 Å². The van der Waals surface area contributed by atoms with Crippen LogP contribution >= 0.6 is 0 Å². The van der Waals surface area contributed by atoms with Crippen LogP contribution in [0.2, 0.25) is 0 Å². The lowest BCUT2D eigenvalue weighted by molar-refractivity contribution is -0.146. The van der Waals surface area contributed by atoms with Crippen LogP contribution in [-0.2, 0) is 19.7 Å². The Labute approximate surface area is 111 Å². The standard InChI is InChI=1S/C11H18O7S/c1-2-3-4-5-6-7-11(10(14)15,8-9(12)13)19(16,17)18/h5-6H,2-4,7-8H2,1H3,(H,12,13)(H,14,15)(H,16,17,18). The van der Waals surface area contributed by atoms with Gasteiger partial charge in [0.25, 0.3) is 10.1 Å². The molecular weight excluding hydrogens is 276 g/mol. The largest absolute Gasteiger partial charge is 0.481 e. The van der Waals surface area contributed by atoms with Crippen molar-refractivity contribution in [1.29, 1.82) is 0 Å². The van der Waals surface area contributed by atoms with Crippen molar-refractivity contribution in [3.8, 4) is 0 Å². The highest BCUT2D eigenvalue weighted by atomic mass is 32.2. The van der Waals surface area contributed by atoms with E-state index < -0.39 is 39.6 Å². The molecule has 0 amide bonds. The van der Waals surface area contributed by atoms with E-state index in [0.29, 0.717) is 6.42 Å². The lowest BCUT2D eigenvalue weighted by Gasteiger charge is -2.22. The first-order valence-electron chi connectivity index (χ1n) is 5.74. The van der Waals surface area contributed by atoms with Gasteiger partial charge in [-0.05, 0) is 12.8 Å². The van der Waals surface area contributed by atoms with Crippen LogP contribution in [-0.4, -0.2) is 39.9 Å². The van der Waals surface area contributed by atoms with Crippen LogP contribution in [0.1, 0.15) is 39.0 Å². The minimum Gasteiger partial charge on any atom is -0.481 e. The fourth-order valence-electron chi connectivity index (χ4n) is 1.50. The first kappa shape index (κ1) is 17.6. The topological polar surface area (TPSA) is 129 Å². The third-order valence-corrected chi connectivity index (χ3v) is 4.13. The third-order valence-electron chi connectivity index (χ3n) is 2.66. The molecule has 0 saturated carbocycles. The zero-order valence-electron chi connectivity index (χ0n) is 10.6. The molecule has 0 bridgehead atoms. The lowest BCUT2D eigenvalue weighted by Crippen LogP contribution is -2.47. The van der Waals surface area contributed by atoms with E-state index in [0.717, 1.165) is 12.8 Å². The number of carbonyl (C=O) groups is 2. The average molecular weight is 294 g/mol. The molecule has 3 N–H and O–H groups in total. The number of unbranched alkanes of at least 4 members (excludes halogenated alkanes) is 2. The molecule has 1 atom stereocenters. The van der Waals surface area contributed by atoms with Gasteiger partial charge in [0.05, 0.1) is 6.42 Å². The molecule has 7 nitrogen and oxygen atoms in total. The Morgan fingerprint density at radius 2 is 1.79 bits per heavy atom. The Hall–Kier alpha value is -1.41. The van der Waals surface area contributed by atoms with Gasteiger partial charge in [0, 0.05) is 0 Å². The molecule has 0 spiro atoms. The quantitative estimate of drug-likeness (QED) is 0.332. The van der Waals surface area contributed by atoms with E-state index >= 15 is 0 Å². The van der Waals surface area contributed by atoms with Gasteiger partial charge in [0.15, 0.2) is 0 Å². The lowest BCUT2D eigenvalue weighted by atomic mass is 10.00. The van der Waals surface area contributed by atoms with E-state index in [4.69, 9.17) is 14.8 Å². The van der Waals surface area contributed by atoms with Gasteiger partial charge in [0.1, 0.15) is 0 Å². The number of rotatable bonds is 9. The van der Waals surface area contributed by atoms with E-state index in [9.17, 15) is 18.0 Å². The minimum absolute atomic E-state index is 0.586. The Balaban J connectivity index is 5.20. The summed E-state index contributed by atoms with van der Waals surface area (Å²) in [5, 5.41) is 17.6. The monoisotopic (exact) mass is 294 g/mol. The highest BCUT2D eigenvalue weighted by molar-refractivity contribution is 7.88. The first-order valence-corrected chi connectivity index (χ1v) is 7.18. The summed E-state index contributed by atoms with van der Waals surface area (Å²) in [6.07, 6.45) is 3.47. The van der Waals surface area contributed by atoms with E-state index in [2.05, 4.69) is 0 Å². The number of hydrogen-bond donors (Lipinski definition) is 3. The van der Waals surface area contributed by atoms with Gasteiger partial charge in [-0.2, -0.15) is 8.42 Å². The Kier molecular flexibility index (Phi) is 6.71. The van der Waals surface area contributed by atoms with Gasteiger partial charge < -0.3 is 10.2 Å². The van der Waals surface area contributed by atoms with Gasteiger partial charge in [-0.15, -0.1) is 0 Å². The van der Waals surface area contributed by atoms with Crippen LogP contribution in [0, 0.1) is 0 Å². The van der Waals surface area contributed by atoms with Crippen LogP contribution < -0.4 is 0 Å². The summed E-state index contributed by atoms with van der Waals surface area (Å²) < 4.78 is 28.8. The van der Waals surface area contributed by atoms with Gasteiger partial charge >= 0.3 is 11.9 Å². The Morgan fingerprint density at radius 3 is 2.16 bits per heavy atom. The van der Waals surface area contributed by atoms with Gasteiger partial charge in [-0.3, -0.25) is 14.1 Å². The summed E-state index contributed by atoms with van der Waals surface area (Å²) in [5.41, 5.74) is 0. The third kappa shape index (κ3) is 4.99. The maximum absolute atomic E-state index is 11.2. The molecule has 0 aliphatic carbocycles. The molecule has 1 unspecified atom stereocenters. The summed E-state index contributed by atoms with van der Waals surface area (Å²) in [5.74, 6) is -3.49. The van der Waals surface area contributed by atoms with Crippen LogP contribution in [0.4, 0.5) is 0 Å². The summed E-state index contributed by atoms with van der Waals surface area (Å²) >= 11 is 0. The van der Waals surface area contributed by atoms with Crippen molar-refractivity contribution in [1.82, 2.24) is 0 Å². The predicted molar refractivity (Wildman–Crippen MR) is 67.5 cm³/mol. The molecule has 0 aromatic carbocycles. The van der Waals surface area contributed by atoms with Gasteiger partial charge in [-0.25, -0.2) is 0 Å². The van der Waals surface area contributed by atoms with Crippen LogP contribution in [0.5, 0.6) is 0 Å². The Bertz CT molecular complexity index is 452. The second kappa shape index (κ2) is 7.25. The van der Waals surface area contributed by atoms with Crippen molar-refractivity contribution in [3.05, 3.63) is 12.2 Å². The molecule has 0 aliphatic rings. The Morgan fingerprint density at radius 1 is 1.21 bits per heavy atom. The number of carboxylic acids is 2. The SMILES string of the molecule is CCCCC=CCC(CC(=O)O)(C(=O)O)S(=O)(=O)O. The van der Waals surface area contributed by atoms with Crippen molar-refractivity contribution in [2.45, 2.75) is 43.8 Å². The highest BCUT2D eigenvalue weighted by Gasteiger charge is 2.51. The maximum atomic E-state index is 11.2. The summed E-state index contributed by atoms with van der Waals surface area (Å²) in [6, 6.07) is 0. The first-order chi connectivity index (χ1) is 8.67. The molecule has 0 fully saturated rings. The molecule has 0 aliphatic heterocycles. The number of carboxylic acid groups (broad SMARTS) is 2. The van der Waals surface area contributed by atoms with Crippen LogP contribution in [0.3, 0.4) is 0 Å². The molecule has 0 saturated heterocycles. The van der Waals surface area contributed by atoms with Crippen molar-refractivity contribution in [2.24, 2.45) is 0 Å². The van der Waals surface area contributed by atoms with Gasteiger partial charge in [0.2, 0.25) is 4.75 Å². The summed E-state index contributed by atoms with van der Waals surface area (Å²) in [6.45, 7) is 1.96. The van der Waals surface area contributed by atoms with E-state index in [1.165, 1.54) is 6.08 Å². The van der Waals surface area contributed by atoms with Crippen molar-refractivity contribution in [3.63, 3.8) is 0 Å². The molecule has 110 valence electrons. The van der Waals surface area contributed by atoms with Crippen molar-refractivity contribution < 1.29 is 32.8 Å². The number of aliphatic carboxylic acids is 2. The molecule has 0 aromatic heterocycles. The fraction of sp³-hybridized carbons (Fsp3) is 0.636. The molecular formula is C11H18O7S. The smallest absolute Gasteiger partial charge is 0.328 e. The van der Waals surface area contributed by atoms with E-state index in [1.807, 2.05) is 6.92 Å². The van der Waals surface area contributed by atoms with Crippen LogP contribution in [0.25, 0.3) is 0 Å². The van der Waals surface area contributed by atoms with E-state index in [1.54, 1.807) is 6.08 Å². The van der Waals surface area contributed by atoms with Gasteiger partial charge in [-0.1, -0.05) is 31.9 Å². The maximum Gasteiger partial charge on any atom is 0.328 e. The molecule has 19 heavy (non-hydrogen) atoms. The molecule has 0 rings (SSSR count). The summed E-state index contributed by atoms with van der Waals surface area (Å²) in [7, 11) is -5.05. The van der Waals surface area contributed by atoms with Crippen molar-refractivity contribution >= 4 is 22.1 Å². The normalized spacial score (nSPS) is 15.3. The van der Waals surface area contributed by atoms with Crippen molar-refractivity contribution in [2.75, 3.05) is 0 Å². The number of allylic oxidation sites excluding steroid dienone is 2. The number of hydrogen-bond acceptors (Lipinski definition) is 4. The minimum atomic E-state index is -5.05. The molecule has 8 heteroatoms. The zero-order chi connectivity index (χ0) is 15.1. The molecule has 0 heterocycles. The second-order valence-corrected chi connectivity index (χ2v) is 5.89. The fourth-order valence-corrected chi connectivity index (χ4v) is 2.33.